The van der Waals surface area contributed by atoms with Crippen LogP contribution in [0.5, 0.6) is 0 Å². The Kier molecular flexibility index (Phi) is 7.08. The van der Waals surface area contributed by atoms with Gasteiger partial charge in [0.2, 0.25) is 6.41 Å². The van der Waals surface area contributed by atoms with Crippen LogP contribution in [0.4, 0.5) is 0 Å². The first kappa shape index (κ1) is 10.8. The van der Waals surface area contributed by atoms with E-state index >= 15 is 0 Å². The number of thioether (sulfide) groups is 1. The van der Waals surface area contributed by atoms with E-state index in [0.29, 0.717) is 24.4 Å². The van der Waals surface area contributed by atoms with Crippen LogP contribution in [0.15, 0.2) is 5.10 Å². The van der Waals surface area contributed by atoms with Crippen LogP contribution in [0.25, 0.3) is 0 Å². The van der Waals surface area contributed by atoms with E-state index in [0.717, 1.165) is 5.75 Å². The summed E-state index contributed by atoms with van der Waals surface area (Å²) in [5, 5.41) is 11.7. The Labute approximate surface area is 75.0 Å². The summed E-state index contributed by atoms with van der Waals surface area (Å²) in [5.41, 5.74) is 7.46. The molecule has 0 atom stereocenters. The highest BCUT2D eigenvalue weighted by atomic mass is 32.2. The van der Waals surface area contributed by atoms with Gasteiger partial charge in [-0.05, 0) is 0 Å². The third-order valence-electron chi connectivity index (χ3n) is 0.869. The van der Waals surface area contributed by atoms with Crippen molar-refractivity contribution in [1.82, 2.24) is 5.43 Å². The molecule has 6 heteroatoms. The van der Waals surface area contributed by atoms with Crippen molar-refractivity contribution in [3.8, 4) is 6.07 Å². The van der Waals surface area contributed by atoms with Gasteiger partial charge >= 0.3 is 0 Å². The fourth-order valence-corrected chi connectivity index (χ4v) is 1.09. The van der Waals surface area contributed by atoms with Gasteiger partial charge in [0.05, 0.1) is 11.8 Å². The molecule has 0 aromatic rings. The molecule has 3 N–H and O–H groups in total. The van der Waals surface area contributed by atoms with E-state index in [-0.39, 0.29) is 0 Å². The van der Waals surface area contributed by atoms with Crippen LogP contribution in [-0.2, 0) is 4.79 Å². The molecular weight excluding hydrogens is 176 g/mol. The van der Waals surface area contributed by atoms with Crippen molar-refractivity contribution >= 4 is 24.0 Å². The number of carbonyl (C=O) groups excluding carboxylic acids is 1. The predicted octanol–water partition coefficient (Wildman–Crippen LogP) is -0.349. The predicted molar refractivity (Wildman–Crippen MR) is 48.4 cm³/mol. The van der Waals surface area contributed by atoms with Gasteiger partial charge < -0.3 is 5.73 Å². The highest BCUT2D eigenvalue weighted by Gasteiger charge is 1.92. The van der Waals surface area contributed by atoms with Gasteiger partial charge in [-0.3, -0.25) is 4.79 Å². The van der Waals surface area contributed by atoms with E-state index in [9.17, 15) is 4.79 Å². The summed E-state index contributed by atoms with van der Waals surface area (Å²) in [6.07, 6.45) is 0.950. The molecule has 0 fully saturated rings. The second-order valence-electron chi connectivity index (χ2n) is 1.81. The number of carbonyl (C=O) groups is 1. The third kappa shape index (κ3) is 6.89. The van der Waals surface area contributed by atoms with Crippen LogP contribution < -0.4 is 11.2 Å². The molecular formula is C6H10N4OS. The quantitative estimate of drug-likeness (QED) is 0.195. The molecule has 0 aromatic carbocycles. The number of hydrogen-bond acceptors (Lipinski definition) is 4. The SMILES string of the molecule is N#CCCSC/C(N)=N\NC=O. The fourth-order valence-electron chi connectivity index (χ4n) is 0.436. The Bertz CT molecular complexity index is 198. The molecule has 0 rings (SSSR count). The molecule has 0 spiro atoms. The van der Waals surface area contributed by atoms with Crippen LogP contribution in [0.2, 0.25) is 0 Å². The largest absolute Gasteiger partial charge is 0.385 e. The number of nitriles is 1. The molecule has 1 amide bonds. The number of amides is 1. The average Bonchev–Trinajstić information content (AvgIpc) is 2.09. The van der Waals surface area contributed by atoms with Gasteiger partial charge in [-0.25, -0.2) is 5.43 Å². The first-order valence-electron chi connectivity index (χ1n) is 3.27. The van der Waals surface area contributed by atoms with Crippen LogP contribution in [0.3, 0.4) is 0 Å². The van der Waals surface area contributed by atoms with Gasteiger partial charge in [-0.15, -0.1) is 0 Å². The van der Waals surface area contributed by atoms with Crippen LogP contribution >= 0.6 is 11.8 Å². The van der Waals surface area contributed by atoms with Gasteiger partial charge in [0.15, 0.2) is 0 Å². The molecule has 0 heterocycles. The zero-order valence-electron chi connectivity index (χ0n) is 6.49. The maximum Gasteiger partial charge on any atom is 0.227 e. The fraction of sp³-hybridized carbons (Fsp3) is 0.500. The lowest BCUT2D eigenvalue weighted by Crippen LogP contribution is -2.19. The number of hydrogen-bond donors (Lipinski definition) is 2. The zero-order chi connectivity index (χ0) is 9.23. The number of nitrogens with two attached hydrogens (primary N) is 1. The zero-order valence-corrected chi connectivity index (χ0v) is 7.30. The summed E-state index contributed by atoms with van der Waals surface area (Å²) in [6.45, 7) is 0. The Morgan fingerprint density at radius 1 is 1.83 bits per heavy atom. The summed E-state index contributed by atoms with van der Waals surface area (Å²) >= 11 is 1.50. The first-order chi connectivity index (χ1) is 5.81. The maximum absolute atomic E-state index is 9.76. The molecule has 0 bridgehead atoms. The van der Waals surface area contributed by atoms with E-state index in [4.69, 9.17) is 11.0 Å². The van der Waals surface area contributed by atoms with Crippen molar-refractivity contribution in [1.29, 1.82) is 5.26 Å². The van der Waals surface area contributed by atoms with E-state index < -0.39 is 0 Å². The molecule has 0 unspecified atom stereocenters. The average molecular weight is 186 g/mol. The van der Waals surface area contributed by atoms with Crippen LogP contribution in [0, 0.1) is 11.3 Å². The van der Waals surface area contributed by atoms with Gasteiger partial charge in [-0.1, -0.05) is 0 Å². The maximum atomic E-state index is 9.76. The highest BCUT2D eigenvalue weighted by molar-refractivity contribution is 7.99. The molecule has 0 saturated heterocycles. The van der Waals surface area contributed by atoms with E-state index in [1.165, 1.54) is 11.8 Å². The number of nitrogens with one attached hydrogen (secondary N) is 1. The molecule has 66 valence electrons. The summed E-state index contributed by atoms with van der Waals surface area (Å²) in [6, 6.07) is 2.01. The minimum absolute atomic E-state index is 0.352. The van der Waals surface area contributed by atoms with Crippen molar-refractivity contribution < 1.29 is 4.79 Å². The van der Waals surface area contributed by atoms with Crippen LogP contribution in [0.1, 0.15) is 6.42 Å². The van der Waals surface area contributed by atoms with E-state index in [2.05, 4.69) is 10.5 Å². The number of rotatable bonds is 6. The summed E-state index contributed by atoms with van der Waals surface area (Å²) in [7, 11) is 0. The van der Waals surface area contributed by atoms with Crippen molar-refractivity contribution in [2.24, 2.45) is 10.8 Å². The molecule has 0 aromatic heterocycles. The lowest BCUT2D eigenvalue weighted by Gasteiger charge is -1.97. The van der Waals surface area contributed by atoms with Crippen molar-refractivity contribution in [2.75, 3.05) is 11.5 Å². The third-order valence-corrected chi connectivity index (χ3v) is 1.86. The second kappa shape index (κ2) is 7.88. The monoisotopic (exact) mass is 186 g/mol. The van der Waals surface area contributed by atoms with E-state index in [1.54, 1.807) is 0 Å². The highest BCUT2D eigenvalue weighted by Crippen LogP contribution is 2.00. The Hall–Kier alpha value is -1.22. The van der Waals surface area contributed by atoms with Crippen LogP contribution in [-0.4, -0.2) is 23.8 Å². The normalized spacial score (nSPS) is 10.4. The Morgan fingerprint density at radius 3 is 3.17 bits per heavy atom. The molecule has 0 aliphatic heterocycles. The molecule has 5 nitrogen and oxygen atoms in total. The number of nitrogens with zero attached hydrogens (tertiary/aromatic N) is 2. The Balaban J connectivity index is 3.37. The standard InChI is InChI=1S/C6H10N4OS/c7-2-1-3-12-4-6(8)10-9-5-11/h5H,1,3-4H2,(H2,8,10)(H,9,11). The first-order valence-corrected chi connectivity index (χ1v) is 4.42. The minimum atomic E-state index is 0.352. The van der Waals surface area contributed by atoms with Crippen molar-refractivity contribution in [3.63, 3.8) is 0 Å². The Morgan fingerprint density at radius 2 is 2.58 bits per heavy atom. The van der Waals surface area contributed by atoms with Gasteiger partial charge in [0.25, 0.3) is 0 Å². The molecule has 12 heavy (non-hydrogen) atoms. The topological polar surface area (TPSA) is 91.3 Å². The second-order valence-corrected chi connectivity index (χ2v) is 2.92. The molecule has 0 aliphatic rings. The minimum Gasteiger partial charge on any atom is -0.385 e. The summed E-state index contributed by atoms with van der Waals surface area (Å²) in [5.74, 6) is 1.61. The molecule has 0 aliphatic carbocycles. The van der Waals surface area contributed by atoms with Gasteiger partial charge in [0, 0.05) is 12.2 Å². The molecule has 0 radical (unpaired) electrons. The van der Waals surface area contributed by atoms with Gasteiger partial charge in [0.1, 0.15) is 5.84 Å². The van der Waals surface area contributed by atoms with Crippen molar-refractivity contribution in [2.45, 2.75) is 6.42 Å². The summed E-state index contributed by atoms with van der Waals surface area (Å²) < 4.78 is 0. The number of amidine groups is 1. The smallest absolute Gasteiger partial charge is 0.227 e. The summed E-state index contributed by atoms with van der Waals surface area (Å²) in [4.78, 5) is 9.76. The lowest BCUT2D eigenvalue weighted by atomic mass is 10.6. The van der Waals surface area contributed by atoms with Crippen molar-refractivity contribution in [3.05, 3.63) is 0 Å². The number of hydrazone groups is 1. The van der Waals surface area contributed by atoms with Gasteiger partial charge in [-0.2, -0.15) is 22.1 Å². The lowest BCUT2D eigenvalue weighted by molar-refractivity contribution is -0.109. The van der Waals surface area contributed by atoms with E-state index in [1.807, 2.05) is 6.07 Å². The molecule has 0 saturated carbocycles.